The molecular formula is C28H40N2O2. The number of nitriles is 1. The minimum absolute atomic E-state index is 0.204. The van der Waals surface area contributed by atoms with Gasteiger partial charge >= 0.3 is 0 Å². The molecule has 1 unspecified atom stereocenters. The Labute approximate surface area is 194 Å². The van der Waals surface area contributed by atoms with Gasteiger partial charge in [-0.2, -0.15) is 5.26 Å². The van der Waals surface area contributed by atoms with Crippen LogP contribution in [-0.4, -0.2) is 27.3 Å². The summed E-state index contributed by atoms with van der Waals surface area (Å²) < 4.78 is 10.8. The van der Waals surface area contributed by atoms with E-state index >= 15 is 0 Å². The summed E-state index contributed by atoms with van der Waals surface area (Å²) in [6.07, 6.45) is 7.97. The summed E-state index contributed by atoms with van der Waals surface area (Å²) in [5.41, 5.74) is 1.91. The molecule has 2 aromatic carbocycles. The summed E-state index contributed by atoms with van der Waals surface area (Å²) in [5.74, 6) is 1.57. The van der Waals surface area contributed by atoms with Crippen molar-refractivity contribution in [1.29, 1.82) is 5.26 Å². The zero-order valence-corrected chi connectivity index (χ0v) is 20.3. The van der Waals surface area contributed by atoms with Gasteiger partial charge in [-0.25, -0.2) is 0 Å². The molecular weight excluding hydrogens is 396 g/mol. The number of nitrogens with zero attached hydrogens (tertiary/aromatic N) is 1. The van der Waals surface area contributed by atoms with Crippen LogP contribution in [0.2, 0.25) is 0 Å². The summed E-state index contributed by atoms with van der Waals surface area (Å²) in [5, 5.41) is 13.7. The van der Waals surface area contributed by atoms with E-state index in [2.05, 4.69) is 55.6 Å². The Morgan fingerprint density at radius 2 is 1.56 bits per heavy atom. The number of benzene rings is 2. The van der Waals surface area contributed by atoms with Gasteiger partial charge in [0, 0.05) is 0 Å². The predicted molar refractivity (Wildman–Crippen MR) is 132 cm³/mol. The first-order valence-corrected chi connectivity index (χ1v) is 12.0. The zero-order chi connectivity index (χ0) is 23.2. The number of aryl methyl sites for hydroxylation is 1. The zero-order valence-electron chi connectivity index (χ0n) is 20.3. The van der Waals surface area contributed by atoms with Crippen LogP contribution in [0, 0.1) is 17.2 Å². The third-order valence-corrected chi connectivity index (χ3v) is 6.42. The smallest absolute Gasteiger partial charge is 0.161 e. The lowest BCUT2D eigenvalue weighted by atomic mass is 9.70. The highest BCUT2D eigenvalue weighted by Crippen LogP contribution is 2.40. The Kier molecular flexibility index (Phi) is 11.1. The topological polar surface area (TPSA) is 54.3 Å². The van der Waals surface area contributed by atoms with Gasteiger partial charge in [-0.05, 0) is 74.4 Å². The highest BCUT2D eigenvalue weighted by molar-refractivity contribution is 5.47. The molecule has 0 heterocycles. The summed E-state index contributed by atoms with van der Waals surface area (Å²) in [6.45, 7) is 6.24. The molecule has 0 bridgehead atoms. The fourth-order valence-electron chi connectivity index (χ4n) is 4.32. The van der Waals surface area contributed by atoms with Crippen LogP contribution < -0.4 is 14.8 Å². The monoisotopic (exact) mass is 436 g/mol. The van der Waals surface area contributed by atoms with E-state index in [0.29, 0.717) is 11.5 Å². The van der Waals surface area contributed by atoms with E-state index in [0.717, 1.165) is 31.5 Å². The number of hydrogen-bond acceptors (Lipinski definition) is 4. The second kappa shape index (κ2) is 13.8. The van der Waals surface area contributed by atoms with E-state index < -0.39 is 5.41 Å². The first-order valence-electron chi connectivity index (χ1n) is 12.0. The van der Waals surface area contributed by atoms with Gasteiger partial charge in [0.15, 0.2) is 11.5 Å². The van der Waals surface area contributed by atoms with Crippen LogP contribution in [-0.2, 0) is 11.8 Å². The lowest BCUT2D eigenvalue weighted by Crippen LogP contribution is -2.32. The molecule has 0 saturated heterocycles. The number of unbranched alkanes of at least 4 members (excludes halogenated alkanes) is 3. The van der Waals surface area contributed by atoms with Crippen molar-refractivity contribution < 1.29 is 9.47 Å². The number of nitrogens with one attached hydrogen (secondary N) is 1. The Bertz CT molecular complexity index is 829. The first-order chi connectivity index (χ1) is 15.6. The lowest BCUT2D eigenvalue weighted by Gasteiger charge is -2.32. The maximum atomic E-state index is 10.2. The molecule has 0 aliphatic heterocycles. The molecule has 4 nitrogen and oxygen atoms in total. The quantitative estimate of drug-likeness (QED) is 0.333. The van der Waals surface area contributed by atoms with E-state index in [9.17, 15) is 5.26 Å². The maximum absolute atomic E-state index is 10.2. The fraction of sp³-hybridized carbons (Fsp3) is 0.536. The predicted octanol–water partition coefficient (Wildman–Crippen LogP) is 6.29. The lowest BCUT2D eigenvalue weighted by molar-refractivity contribution is 0.341. The molecule has 0 fully saturated rings. The number of rotatable bonds is 15. The highest BCUT2D eigenvalue weighted by atomic mass is 16.5. The summed E-state index contributed by atoms with van der Waals surface area (Å²) in [6, 6.07) is 19.2. The van der Waals surface area contributed by atoms with E-state index in [1.807, 2.05) is 18.2 Å². The Balaban J connectivity index is 1.73. The van der Waals surface area contributed by atoms with Gasteiger partial charge in [-0.3, -0.25) is 0 Å². The van der Waals surface area contributed by atoms with Crippen LogP contribution >= 0.6 is 0 Å². The standard InChI is InChI=1S/C28H40N2O2/c1-23(2)28(22-29,25-16-17-26(31-3)27(21-25)32-4)18-12-20-30-19-11-6-5-8-13-24-14-9-7-10-15-24/h7,9-10,14-17,21,23,30H,5-6,8,11-13,18-20H2,1-4H3. The molecule has 0 spiro atoms. The van der Waals surface area contributed by atoms with Gasteiger partial charge in [-0.15, -0.1) is 0 Å². The maximum Gasteiger partial charge on any atom is 0.161 e. The number of ether oxygens (including phenoxy) is 2. The molecule has 1 atom stereocenters. The molecule has 0 saturated carbocycles. The van der Waals surface area contributed by atoms with Crippen molar-refractivity contribution in [2.24, 2.45) is 5.92 Å². The molecule has 0 aliphatic rings. The number of hydrogen-bond donors (Lipinski definition) is 1. The third-order valence-electron chi connectivity index (χ3n) is 6.42. The summed E-state index contributed by atoms with van der Waals surface area (Å²) in [4.78, 5) is 0. The minimum atomic E-state index is -0.529. The molecule has 0 aromatic heterocycles. The van der Waals surface area contributed by atoms with Gasteiger partial charge in [0.25, 0.3) is 0 Å². The number of methoxy groups -OCH3 is 2. The molecule has 1 N–H and O–H groups in total. The molecule has 4 heteroatoms. The second-order valence-corrected chi connectivity index (χ2v) is 8.81. The van der Waals surface area contributed by atoms with Crippen LogP contribution in [0.5, 0.6) is 11.5 Å². The first kappa shape index (κ1) is 25.7. The third kappa shape index (κ3) is 7.28. The normalized spacial score (nSPS) is 12.9. The van der Waals surface area contributed by atoms with Crippen molar-refractivity contribution in [3.8, 4) is 17.6 Å². The van der Waals surface area contributed by atoms with Gasteiger partial charge < -0.3 is 14.8 Å². The van der Waals surface area contributed by atoms with Crippen molar-refractivity contribution in [2.45, 2.75) is 64.2 Å². The average Bonchev–Trinajstić information content (AvgIpc) is 2.83. The largest absolute Gasteiger partial charge is 0.493 e. The van der Waals surface area contributed by atoms with E-state index in [1.165, 1.54) is 37.7 Å². The van der Waals surface area contributed by atoms with Crippen molar-refractivity contribution in [3.63, 3.8) is 0 Å². The summed E-state index contributed by atoms with van der Waals surface area (Å²) in [7, 11) is 3.27. The molecule has 2 aromatic rings. The molecule has 0 aliphatic carbocycles. The SMILES string of the molecule is COc1ccc(C(C#N)(CCCNCCCCCCc2ccccc2)C(C)C)cc1OC. The molecule has 0 radical (unpaired) electrons. The van der Waals surface area contributed by atoms with Gasteiger partial charge in [0.1, 0.15) is 0 Å². The van der Waals surface area contributed by atoms with Crippen LogP contribution in [0.4, 0.5) is 0 Å². The van der Waals surface area contributed by atoms with Gasteiger partial charge in [0.05, 0.1) is 25.7 Å². The molecule has 0 amide bonds. The van der Waals surface area contributed by atoms with E-state index in [-0.39, 0.29) is 5.92 Å². The summed E-state index contributed by atoms with van der Waals surface area (Å²) >= 11 is 0. The van der Waals surface area contributed by atoms with Crippen molar-refractivity contribution in [2.75, 3.05) is 27.3 Å². The van der Waals surface area contributed by atoms with Crippen molar-refractivity contribution in [1.82, 2.24) is 5.32 Å². The van der Waals surface area contributed by atoms with Crippen LogP contribution in [0.15, 0.2) is 48.5 Å². The van der Waals surface area contributed by atoms with Gasteiger partial charge in [-0.1, -0.05) is 63.1 Å². The Morgan fingerprint density at radius 3 is 2.22 bits per heavy atom. The van der Waals surface area contributed by atoms with Crippen LogP contribution in [0.1, 0.15) is 63.5 Å². The van der Waals surface area contributed by atoms with E-state index in [1.54, 1.807) is 14.2 Å². The van der Waals surface area contributed by atoms with Crippen LogP contribution in [0.3, 0.4) is 0 Å². The van der Waals surface area contributed by atoms with Crippen LogP contribution in [0.25, 0.3) is 0 Å². The van der Waals surface area contributed by atoms with Crippen molar-refractivity contribution in [3.05, 3.63) is 59.7 Å². The highest BCUT2D eigenvalue weighted by Gasteiger charge is 2.36. The Morgan fingerprint density at radius 1 is 0.875 bits per heavy atom. The Hall–Kier alpha value is -2.51. The minimum Gasteiger partial charge on any atom is -0.493 e. The van der Waals surface area contributed by atoms with Crippen molar-refractivity contribution >= 4 is 0 Å². The molecule has 32 heavy (non-hydrogen) atoms. The fourth-order valence-corrected chi connectivity index (χ4v) is 4.32. The second-order valence-electron chi connectivity index (χ2n) is 8.81. The molecule has 174 valence electrons. The average molecular weight is 437 g/mol. The van der Waals surface area contributed by atoms with E-state index in [4.69, 9.17) is 9.47 Å². The molecule has 2 rings (SSSR count). The van der Waals surface area contributed by atoms with Gasteiger partial charge in [0.2, 0.25) is 0 Å².